The van der Waals surface area contributed by atoms with E-state index < -0.39 is 5.60 Å². The fourth-order valence-electron chi connectivity index (χ4n) is 2.04. The summed E-state index contributed by atoms with van der Waals surface area (Å²) in [5, 5.41) is 12.1. The van der Waals surface area contributed by atoms with Gasteiger partial charge in [-0.2, -0.15) is 0 Å². The van der Waals surface area contributed by atoms with Gasteiger partial charge in [0.2, 0.25) is 0 Å². The Labute approximate surface area is 107 Å². The van der Waals surface area contributed by atoms with E-state index in [1.54, 1.807) is 13.8 Å². The van der Waals surface area contributed by atoms with E-state index >= 15 is 0 Å². The van der Waals surface area contributed by atoms with Crippen molar-refractivity contribution in [1.82, 2.24) is 0 Å². The van der Waals surface area contributed by atoms with Crippen molar-refractivity contribution in [3.63, 3.8) is 0 Å². The predicted octanol–water partition coefficient (Wildman–Crippen LogP) is 2.28. The van der Waals surface area contributed by atoms with Crippen LogP contribution in [0.2, 0.25) is 0 Å². The molecule has 1 aromatic rings. The van der Waals surface area contributed by atoms with E-state index in [1.807, 2.05) is 25.1 Å². The summed E-state index contributed by atoms with van der Waals surface area (Å²) in [4.78, 5) is 11.7. The van der Waals surface area contributed by atoms with Crippen LogP contribution in [-0.2, 0) is 4.79 Å². The summed E-state index contributed by atoms with van der Waals surface area (Å²) in [6.45, 7) is 5.63. The van der Waals surface area contributed by atoms with Crippen molar-refractivity contribution in [3.05, 3.63) is 23.8 Å². The number of benzene rings is 1. The zero-order chi connectivity index (χ0) is 13.3. The van der Waals surface area contributed by atoms with E-state index in [0.717, 1.165) is 12.0 Å². The highest BCUT2D eigenvalue weighted by Gasteiger charge is 2.35. The van der Waals surface area contributed by atoms with Crippen LogP contribution in [0.1, 0.15) is 38.7 Å². The molecule has 1 atom stereocenters. The lowest BCUT2D eigenvalue weighted by atomic mass is 9.96. The van der Waals surface area contributed by atoms with Crippen LogP contribution in [0.4, 0.5) is 5.69 Å². The van der Waals surface area contributed by atoms with Crippen molar-refractivity contribution in [2.24, 2.45) is 0 Å². The van der Waals surface area contributed by atoms with Gasteiger partial charge in [-0.1, -0.05) is 13.0 Å². The first-order valence-corrected chi connectivity index (χ1v) is 6.23. The van der Waals surface area contributed by atoms with Crippen LogP contribution in [0.25, 0.3) is 0 Å². The van der Waals surface area contributed by atoms with Crippen LogP contribution in [0.5, 0.6) is 5.75 Å². The topological polar surface area (TPSA) is 58.6 Å². The summed E-state index contributed by atoms with van der Waals surface area (Å²) < 4.78 is 5.72. The highest BCUT2D eigenvalue weighted by atomic mass is 16.5. The second kappa shape index (κ2) is 4.61. The predicted molar refractivity (Wildman–Crippen MR) is 69.9 cm³/mol. The molecule has 1 aliphatic rings. The van der Waals surface area contributed by atoms with E-state index in [2.05, 4.69) is 5.32 Å². The second-order valence-electron chi connectivity index (χ2n) is 5.11. The summed E-state index contributed by atoms with van der Waals surface area (Å²) >= 11 is 0. The van der Waals surface area contributed by atoms with E-state index in [1.165, 1.54) is 0 Å². The van der Waals surface area contributed by atoms with Gasteiger partial charge in [-0.15, -0.1) is 0 Å². The van der Waals surface area contributed by atoms with Crippen LogP contribution >= 0.6 is 0 Å². The molecule has 1 aromatic carbocycles. The largest absolute Gasteiger partial charge is 0.476 e. The van der Waals surface area contributed by atoms with Gasteiger partial charge in [0, 0.05) is 12.5 Å². The number of carbonyl (C=O) groups is 1. The van der Waals surface area contributed by atoms with Gasteiger partial charge in [0.05, 0.1) is 5.69 Å². The molecule has 98 valence electrons. The first kappa shape index (κ1) is 12.9. The fraction of sp³-hybridized carbons (Fsp3) is 0.500. The molecule has 1 amide bonds. The molecule has 0 aliphatic carbocycles. The molecular formula is C14H19NO3. The summed E-state index contributed by atoms with van der Waals surface area (Å²) in [7, 11) is 0. The van der Waals surface area contributed by atoms with E-state index in [4.69, 9.17) is 4.74 Å². The Bertz CT molecular complexity index is 464. The number of amides is 1. The second-order valence-corrected chi connectivity index (χ2v) is 5.11. The monoisotopic (exact) mass is 249 g/mol. The average Bonchev–Trinajstić information content (AvgIpc) is 2.32. The number of hydrogen-bond acceptors (Lipinski definition) is 3. The molecule has 0 spiro atoms. The van der Waals surface area contributed by atoms with Crippen molar-refractivity contribution in [1.29, 1.82) is 0 Å². The minimum absolute atomic E-state index is 0.111. The molecule has 0 saturated heterocycles. The Kier molecular flexibility index (Phi) is 3.30. The van der Waals surface area contributed by atoms with Gasteiger partial charge in [0.1, 0.15) is 5.75 Å². The molecule has 1 unspecified atom stereocenters. The van der Waals surface area contributed by atoms with Crippen molar-refractivity contribution in [3.8, 4) is 5.75 Å². The molecule has 1 aliphatic heterocycles. The summed E-state index contributed by atoms with van der Waals surface area (Å²) in [5.74, 6) is 0.639. The summed E-state index contributed by atoms with van der Waals surface area (Å²) in [6, 6.07) is 5.65. The Morgan fingerprint density at radius 1 is 1.44 bits per heavy atom. The van der Waals surface area contributed by atoms with Gasteiger partial charge in [-0.3, -0.25) is 4.79 Å². The Hall–Kier alpha value is -1.55. The lowest BCUT2D eigenvalue weighted by Gasteiger charge is -2.32. The summed E-state index contributed by atoms with van der Waals surface area (Å²) in [6.07, 6.45) is 0.866. The molecule has 0 radical (unpaired) electrons. The molecule has 0 bridgehead atoms. The fourth-order valence-corrected chi connectivity index (χ4v) is 2.04. The Morgan fingerprint density at radius 2 is 2.17 bits per heavy atom. The van der Waals surface area contributed by atoms with Crippen LogP contribution < -0.4 is 10.1 Å². The van der Waals surface area contributed by atoms with Crippen molar-refractivity contribution in [2.75, 3.05) is 11.9 Å². The molecule has 4 nitrogen and oxygen atoms in total. The van der Waals surface area contributed by atoms with E-state index in [9.17, 15) is 9.90 Å². The highest BCUT2D eigenvalue weighted by molar-refractivity contribution is 6.00. The molecule has 0 saturated carbocycles. The van der Waals surface area contributed by atoms with Crippen LogP contribution in [-0.4, -0.2) is 23.2 Å². The number of fused-ring (bicyclic) bond motifs is 1. The van der Waals surface area contributed by atoms with Crippen LogP contribution in [0, 0.1) is 0 Å². The molecule has 2 N–H and O–H groups in total. The quantitative estimate of drug-likeness (QED) is 0.864. The smallest absolute Gasteiger partial charge is 0.268 e. The molecular weight excluding hydrogens is 230 g/mol. The Morgan fingerprint density at radius 3 is 2.78 bits per heavy atom. The minimum Gasteiger partial charge on any atom is -0.476 e. The molecule has 18 heavy (non-hydrogen) atoms. The number of ether oxygens (including phenoxy) is 1. The number of hydrogen-bond donors (Lipinski definition) is 2. The first-order chi connectivity index (χ1) is 8.47. The normalized spacial score (nSPS) is 18.6. The highest BCUT2D eigenvalue weighted by Crippen LogP contribution is 2.36. The van der Waals surface area contributed by atoms with Crippen molar-refractivity contribution >= 4 is 11.6 Å². The van der Waals surface area contributed by atoms with E-state index in [-0.39, 0.29) is 18.4 Å². The third kappa shape index (κ3) is 2.20. The lowest BCUT2D eigenvalue weighted by molar-refractivity contribution is -0.129. The van der Waals surface area contributed by atoms with Gasteiger partial charge < -0.3 is 15.2 Å². The van der Waals surface area contributed by atoms with Crippen LogP contribution in [0.15, 0.2) is 18.2 Å². The standard InChI is InChI=1S/C14H19NO3/c1-4-9(8-16)10-5-6-11-12(7-10)18-14(2,3)13(17)15-11/h5-7,9,16H,4,8H2,1-3H3,(H,15,17). The third-order valence-electron chi connectivity index (χ3n) is 3.35. The SMILES string of the molecule is CCC(CO)c1ccc2c(c1)OC(C)(C)C(=O)N2. The summed E-state index contributed by atoms with van der Waals surface area (Å²) in [5.41, 5.74) is 0.869. The zero-order valence-electron chi connectivity index (χ0n) is 11.0. The number of anilines is 1. The maximum absolute atomic E-state index is 11.7. The maximum Gasteiger partial charge on any atom is 0.268 e. The molecule has 0 aromatic heterocycles. The zero-order valence-corrected chi connectivity index (χ0v) is 11.0. The van der Waals surface area contributed by atoms with Gasteiger partial charge in [-0.25, -0.2) is 0 Å². The lowest BCUT2D eigenvalue weighted by Crippen LogP contribution is -2.45. The molecule has 2 rings (SSSR count). The van der Waals surface area contributed by atoms with Gasteiger partial charge in [0.25, 0.3) is 5.91 Å². The maximum atomic E-state index is 11.7. The number of carbonyl (C=O) groups excluding carboxylic acids is 1. The Balaban J connectivity index is 2.36. The minimum atomic E-state index is -0.855. The van der Waals surface area contributed by atoms with E-state index in [0.29, 0.717) is 11.4 Å². The molecule has 1 heterocycles. The number of aliphatic hydroxyl groups is 1. The van der Waals surface area contributed by atoms with Gasteiger partial charge in [0.15, 0.2) is 5.60 Å². The third-order valence-corrected chi connectivity index (χ3v) is 3.35. The van der Waals surface area contributed by atoms with Crippen molar-refractivity contribution in [2.45, 2.75) is 38.7 Å². The molecule has 0 fully saturated rings. The van der Waals surface area contributed by atoms with Crippen molar-refractivity contribution < 1.29 is 14.6 Å². The van der Waals surface area contributed by atoms with Gasteiger partial charge >= 0.3 is 0 Å². The van der Waals surface area contributed by atoms with Gasteiger partial charge in [-0.05, 0) is 38.0 Å². The molecule has 4 heteroatoms. The van der Waals surface area contributed by atoms with Crippen LogP contribution in [0.3, 0.4) is 0 Å². The number of aliphatic hydroxyl groups excluding tert-OH is 1. The number of nitrogens with one attached hydrogen (secondary N) is 1. The first-order valence-electron chi connectivity index (χ1n) is 6.23. The number of rotatable bonds is 3. The average molecular weight is 249 g/mol.